The average molecular weight is 245 g/mol. The summed E-state index contributed by atoms with van der Waals surface area (Å²) in [6, 6.07) is 8.76. The predicted octanol–water partition coefficient (Wildman–Crippen LogP) is 2.85. The van der Waals surface area contributed by atoms with E-state index in [9.17, 15) is 5.11 Å². The van der Waals surface area contributed by atoms with Gasteiger partial charge in [0.2, 0.25) is 0 Å². The van der Waals surface area contributed by atoms with Crippen LogP contribution >= 0.6 is 0 Å². The first-order valence-corrected chi connectivity index (χ1v) is 7.25. The van der Waals surface area contributed by atoms with Gasteiger partial charge in [0.15, 0.2) is 0 Å². The Hall–Kier alpha value is -1.02. The largest absolute Gasteiger partial charge is 0.393 e. The molecule has 1 N–H and O–H groups in total. The number of rotatable bonds is 2. The normalized spacial score (nSPS) is 31.4. The van der Waals surface area contributed by atoms with Crippen LogP contribution in [0.4, 0.5) is 5.69 Å². The molecular weight excluding hydrogens is 222 g/mol. The Bertz CT molecular complexity index is 417. The minimum Gasteiger partial charge on any atom is -0.393 e. The molecule has 1 aliphatic carbocycles. The lowest BCUT2D eigenvalue weighted by atomic mass is 9.92. The minimum absolute atomic E-state index is 0.0746. The summed E-state index contributed by atoms with van der Waals surface area (Å²) >= 11 is 0. The van der Waals surface area contributed by atoms with E-state index in [-0.39, 0.29) is 6.10 Å². The Morgan fingerprint density at radius 3 is 2.89 bits per heavy atom. The summed E-state index contributed by atoms with van der Waals surface area (Å²) in [5.41, 5.74) is 2.87. The summed E-state index contributed by atoms with van der Waals surface area (Å²) in [6.45, 7) is 4.50. The van der Waals surface area contributed by atoms with Crippen LogP contribution in [0.15, 0.2) is 24.3 Å². The average Bonchev–Trinajstić information content (AvgIpc) is 2.75. The standard InChI is InChI=1S/C16H23NO/c1-12-9-13-5-2-3-7-15(13)17(10-12)11-14-6-4-8-16(14)18/h2-3,5,7,12,14,16,18H,4,6,8-11H2,1H3. The lowest BCUT2D eigenvalue weighted by Gasteiger charge is -2.37. The fraction of sp³-hybridized carbons (Fsp3) is 0.625. The molecule has 3 rings (SSSR count). The number of aliphatic hydroxyl groups is 1. The van der Waals surface area contributed by atoms with Crippen molar-refractivity contribution >= 4 is 5.69 Å². The molecule has 0 spiro atoms. The van der Waals surface area contributed by atoms with Gasteiger partial charge >= 0.3 is 0 Å². The number of fused-ring (bicyclic) bond motifs is 1. The van der Waals surface area contributed by atoms with Crippen molar-refractivity contribution in [1.82, 2.24) is 0 Å². The predicted molar refractivity (Wildman–Crippen MR) is 74.9 cm³/mol. The highest BCUT2D eigenvalue weighted by Crippen LogP contribution is 2.33. The van der Waals surface area contributed by atoms with Crippen molar-refractivity contribution in [2.45, 2.75) is 38.7 Å². The summed E-state index contributed by atoms with van der Waals surface area (Å²) in [5, 5.41) is 10.0. The topological polar surface area (TPSA) is 23.5 Å². The molecule has 18 heavy (non-hydrogen) atoms. The number of benzene rings is 1. The summed E-state index contributed by atoms with van der Waals surface area (Å²) < 4.78 is 0. The molecule has 2 aliphatic rings. The van der Waals surface area contributed by atoms with Gasteiger partial charge in [-0.3, -0.25) is 0 Å². The highest BCUT2D eigenvalue weighted by molar-refractivity contribution is 5.55. The number of anilines is 1. The van der Waals surface area contributed by atoms with Gasteiger partial charge in [0.05, 0.1) is 6.10 Å². The lowest BCUT2D eigenvalue weighted by molar-refractivity contribution is 0.134. The fourth-order valence-corrected chi connectivity index (χ4v) is 3.59. The third-order valence-electron chi connectivity index (χ3n) is 4.51. The highest BCUT2D eigenvalue weighted by atomic mass is 16.3. The first-order valence-electron chi connectivity index (χ1n) is 7.25. The molecule has 1 aliphatic heterocycles. The van der Waals surface area contributed by atoms with Gasteiger partial charge in [0, 0.05) is 24.7 Å². The van der Waals surface area contributed by atoms with Crippen LogP contribution in [0.3, 0.4) is 0 Å². The van der Waals surface area contributed by atoms with Gasteiger partial charge in [0.1, 0.15) is 0 Å². The zero-order valence-corrected chi connectivity index (χ0v) is 11.2. The Kier molecular flexibility index (Phi) is 3.29. The lowest BCUT2D eigenvalue weighted by Crippen LogP contribution is -2.39. The van der Waals surface area contributed by atoms with Crippen molar-refractivity contribution < 1.29 is 5.11 Å². The smallest absolute Gasteiger partial charge is 0.0585 e. The monoisotopic (exact) mass is 245 g/mol. The third kappa shape index (κ3) is 2.26. The third-order valence-corrected chi connectivity index (χ3v) is 4.51. The van der Waals surface area contributed by atoms with Gasteiger partial charge in [-0.25, -0.2) is 0 Å². The SMILES string of the molecule is CC1Cc2ccccc2N(CC2CCCC2O)C1. The Morgan fingerprint density at radius 2 is 2.11 bits per heavy atom. The summed E-state index contributed by atoms with van der Waals surface area (Å²) in [7, 11) is 0. The van der Waals surface area contributed by atoms with Crippen molar-refractivity contribution in [1.29, 1.82) is 0 Å². The van der Waals surface area contributed by atoms with Crippen molar-refractivity contribution in [2.24, 2.45) is 11.8 Å². The van der Waals surface area contributed by atoms with Crippen molar-refractivity contribution in [3.63, 3.8) is 0 Å². The first kappa shape index (κ1) is 12.0. The van der Waals surface area contributed by atoms with Crippen LogP contribution in [0.1, 0.15) is 31.7 Å². The van der Waals surface area contributed by atoms with E-state index in [0.717, 1.165) is 25.4 Å². The van der Waals surface area contributed by atoms with E-state index in [4.69, 9.17) is 0 Å². The number of para-hydroxylation sites is 1. The maximum absolute atomic E-state index is 10.0. The zero-order valence-electron chi connectivity index (χ0n) is 11.2. The molecule has 3 unspecified atom stereocenters. The van der Waals surface area contributed by atoms with E-state index in [1.807, 2.05) is 0 Å². The van der Waals surface area contributed by atoms with Crippen LogP contribution in [0, 0.1) is 11.8 Å². The molecule has 0 amide bonds. The Labute approximate surface area is 110 Å². The molecule has 1 fully saturated rings. The van der Waals surface area contributed by atoms with Crippen LogP contribution in [0.5, 0.6) is 0 Å². The van der Waals surface area contributed by atoms with E-state index in [2.05, 4.69) is 36.1 Å². The number of aliphatic hydroxyl groups excluding tert-OH is 1. The number of hydrogen-bond donors (Lipinski definition) is 1. The molecule has 98 valence electrons. The molecule has 1 heterocycles. The molecule has 3 atom stereocenters. The van der Waals surface area contributed by atoms with Crippen molar-refractivity contribution in [2.75, 3.05) is 18.0 Å². The van der Waals surface area contributed by atoms with Gasteiger partial charge in [-0.05, 0) is 36.8 Å². The Balaban J connectivity index is 1.79. The second-order valence-electron chi connectivity index (χ2n) is 6.10. The molecule has 0 saturated heterocycles. The molecule has 0 radical (unpaired) electrons. The van der Waals surface area contributed by atoms with E-state index < -0.39 is 0 Å². The number of hydrogen-bond acceptors (Lipinski definition) is 2. The number of nitrogens with zero attached hydrogens (tertiary/aromatic N) is 1. The zero-order chi connectivity index (χ0) is 12.5. The van der Waals surface area contributed by atoms with Crippen LogP contribution in [0.25, 0.3) is 0 Å². The summed E-state index contributed by atoms with van der Waals surface area (Å²) in [4.78, 5) is 2.50. The van der Waals surface area contributed by atoms with Crippen molar-refractivity contribution in [3.8, 4) is 0 Å². The molecule has 2 heteroatoms. The van der Waals surface area contributed by atoms with Crippen LogP contribution < -0.4 is 4.90 Å². The summed E-state index contributed by atoms with van der Waals surface area (Å²) in [5.74, 6) is 1.20. The second-order valence-corrected chi connectivity index (χ2v) is 6.10. The molecule has 1 aromatic carbocycles. The summed E-state index contributed by atoms with van der Waals surface area (Å²) in [6.07, 6.45) is 4.50. The van der Waals surface area contributed by atoms with Crippen LogP contribution in [-0.4, -0.2) is 24.3 Å². The molecule has 1 saturated carbocycles. The maximum atomic E-state index is 10.0. The molecular formula is C16H23NO. The Morgan fingerprint density at radius 1 is 1.28 bits per heavy atom. The maximum Gasteiger partial charge on any atom is 0.0585 e. The van der Waals surface area contributed by atoms with Gasteiger partial charge < -0.3 is 10.0 Å². The molecule has 1 aromatic rings. The van der Waals surface area contributed by atoms with E-state index in [0.29, 0.717) is 5.92 Å². The van der Waals surface area contributed by atoms with E-state index in [1.165, 1.54) is 30.5 Å². The molecule has 0 bridgehead atoms. The van der Waals surface area contributed by atoms with Crippen LogP contribution in [0.2, 0.25) is 0 Å². The second kappa shape index (κ2) is 4.93. The van der Waals surface area contributed by atoms with Gasteiger partial charge in [-0.1, -0.05) is 31.5 Å². The highest BCUT2D eigenvalue weighted by Gasteiger charge is 2.29. The quantitative estimate of drug-likeness (QED) is 0.866. The van der Waals surface area contributed by atoms with Gasteiger partial charge in [0.25, 0.3) is 0 Å². The minimum atomic E-state index is -0.0746. The van der Waals surface area contributed by atoms with Crippen molar-refractivity contribution in [3.05, 3.63) is 29.8 Å². The van der Waals surface area contributed by atoms with Gasteiger partial charge in [-0.15, -0.1) is 0 Å². The molecule has 2 nitrogen and oxygen atoms in total. The first-order chi connectivity index (χ1) is 8.74. The van der Waals surface area contributed by atoms with Gasteiger partial charge in [-0.2, -0.15) is 0 Å². The van der Waals surface area contributed by atoms with E-state index >= 15 is 0 Å². The van der Waals surface area contributed by atoms with Crippen LogP contribution in [-0.2, 0) is 6.42 Å². The fourth-order valence-electron chi connectivity index (χ4n) is 3.59. The molecule has 0 aromatic heterocycles. The van der Waals surface area contributed by atoms with E-state index in [1.54, 1.807) is 0 Å².